The van der Waals surface area contributed by atoms with Crippen molar-refractivity contribution in [3.63, 3.8) is 0 Å². The third-order valence-electron chi connectivity index (χ3n) is 4.37. The second-order valence-corrected chi connectivity index (χ2v) is 7.87. The summed E-state index contributed by atoms with van der Waals surface area (Å²) in [6, 6.07) is -0.305. The summed E-state index contributed by atoms with van der Waals surface area (Å²) in [6.07, 6.45) is 5.70. The number of hydrogen-bond donors (Lipinski definition) is 2. The van der Waals surface area contributed by atoms with Gasteiger partial charge in [0, 0.05) is 12.1 Å². The molecule has 23 heavy (non-hydrogen) atoms. The van der Waals surface area contributed by atoms with Crippen LogP contribution in [0.2, 0.25) is 0 Å². The lowest BCUT2D eigenvalue weighted by molar-refractivity contribution is -0.123. The minimum Gasteiger partial charge on any atom is -0.444 e. The van der Waals surface area contributed by atoms with E-state index in [0.29, 0.717) is 0 Å². The molecular weight excluding hydrogens is 294 g/mol. The molecule has 0 spiro atoms. The molecule has 0 aliphatic heterocycles. The second kappa shape index (κ2) is 7.07. The van der Waals surface area contributed by atoms with Gasteiger partial charge in [-0.25, -0.2) is 4.79 Å². The third kappa shape index (κ3) is 5.09. The van der Waals surface area contributed by atoms with E-state index in [1.54, 1.807) is 6.92 Å². The highest BCUT2D eigenvalue weighted by atomic mass is 16.6. The van der Waals surface area contributed by atoms with E-state index in [0.717, 1.165) is 38.5 Å². The molecule has 0 bridgehead atoms. The zero-order chi connectivity index (χ0) is 17.2. The van der Waals surface area contributed by atoms with Gasteiger partial charge in [-0.05, 0) is 53.4 Å². The summed E-state index contributed by atoms with van der Waals surface area (Å²) >= 11 is 0. The quantitative estimate of drug-likeness (QED) is 0.829. The topological polar surface area (TPSA) is 84.7 Å². The summed E-state index contributed by atoms with van der Waals surface area (Å²) in [6.45, 7) is 7.32. The first-order valence-electron chi connectivity index (χ1n) is 8.76. The Labute approximate surface area is 139 Å². The van der Waals surface area contributed by atoms with E-state index in [4.69, 9.17) is 10.5 Å². The summed E-state index contributed by atoms with van der Waals surface area (Å²) in [5.74, 6) is -0.151. The molecule has 2 aliphatic rings. The number of carbonyl (C=O) groups excluding carboxylic acids is 2. The molecule has 0 aromatic rings. The molecule has 0 saturated heterocycles. The first kappa shape index (κ1) is 18.0. The van der Waals surface area contributed by atoms with E-state index in [1.807, 2.05) is 25.7 Å². The Hall–Kier alpha value is -1.30. The van der Waals surface area contributed by atoms with Gasteiger partial charge in [0.2, 0.25) is 5.91 Å². The van der Waals surface area contributed by atoms with Crippen molar-refractivity contribution in [2.45, 2.75) is 96.0 Å². The summed E-state index contributed by atoms with van der Waals surface area (Å²) in [7, 11) is 0. The second-order valence-electron chi connectivity index (χ2n) is 7.87. The van der Waals surface area contributed by atoms with Crippen molar-refractivity contribution in [3.8, 4) is 0 Å². The molecule has 0 heterocycles. The first-order valence-corrected chi connectivity index (χ1v) is 8.76. The number of rotatable bonds is 4. The summed E-state index contributed by atoms with van der Waals surface area (Å²) < 4.78 is 5.60. The van der Waals surface area contributed by atoms with Gasteiger partial charge in [0.1, 0.15) is 5.60 Å². The number of amides is 2. The van der Waals surface area contributed by atoms with Gasteiger partial charge in [-0.1, -0.05) is 12.8 Å². The number of nitrogens with one attached hydrogen (secondary N) is 1. The monoisotopic (exact) mass is 325 g/mol. The lowest BCUT2D eigenvalue weighted by Gasteiger charge is -2.41. The summed E-state index contributed by atoms with van der Waals surface area (Å²) in [5, 5.41) is 3.04. The van der Waals surface area contributed by atoms with Gasteiger partial charge in [0.05, 0.1) is 12.1 Å². The fourth-order valence-electron chi connectivity index (χ4n) is 3.15. The Balaban J connectivity index is 2.11. The average Bonchev–Trinajstić information content (AvgIpc) is 3.23. The van der Waals surface area contributed by atoms with Gasteiger partial charge in [-0.15, -0.1) is 0 Å². The predicted molar refractivity (Wildman–Crippen MR) is 88.9 cm³/mol. The number of carbonyl (C=O) groups is 2. The Morgan fingerprint density at radius 2 is 1.78 bits per heavy atom. The van der Waals surface area contributed by atoms with Crippen LogP contribution in [0.1, 0.15) is 66.2 Å². The Morgan fingerprint density at radius 1 is 1.17 bits per heavy atom. The molecule has 0 unspecified atom stereocenters. The standard InChI is InChI=1S/C17H31N3O3/c1-11(18)15(21)19-13-7-5-6-8-14(13)20(12-9-10-12)16(22)23-17(2,3)4/h11-14H,5-10,18H2,1-4H3,(H,19,21)/t11-,13-,14+/m0/s1. The Bertz CT molecular complexity index is 441. The first-order chi connectivity index (χ1) is 10.7. The highest BCUT2D eigenvalue weighted by Gasteiger charge is 2.43. The molecule has 2 fully saturated rings. The van der Waals surface area contributed by atoms with E-state index in [9.17, 15) is 9.59 Å². The van der Waals surface area contributed by atoms with Crippen LogP contribution in [0.5, 0.6) is 0 Å². The lowest BCUT2D eigenvalue weighted by atomic mass is 9.89. The zero-order valence-corrected chi connectivity index (χ0v) is 14.8. The maximum absolute atomic E-state index is 12.7. The molecular formula is C17H31N3O3. The molecule has 3 N–H and O–H groups in total. The normalized spacial score (nSPS) is 26.3. The molecule has 0 aromatic carbocycles. The van der Waals surface area contributed by atoms with E-state index in [2.05, 4.69) is 5.32 Å². The highest BCUT2D eigenvalue weighted by Crippen LogP contribution is 2.35. The smallest absolute Gasteiger partial charge is 0.410 e. The third-order valence-corrected chi connectivity index (χ3v) is 4.37. The van der Waals surface area contributed by atoms with Crippen LogP contribution in [0.3, 0.4) is 0 Å². The maximum atomic E-state index is 12.7. The number of nitrogens with zero attached hydrogens (tertiary/aromatic N) is 1. The van der Waals surface area contributed by atoms with Crippen LogP contribution in [-0.4, -0.2) is 46.7 Å². The fraction of sp³-hybridized carbons (Fsp3) is 0.882. The summed E-state index contributed by atoms with van der Waals surface area (Å²) in [5.41, 5.74) is 5.16. The minimum absolute atomic E-state index is 0.00815. The molecule has 6 heteroatoms. The zero-order valence-electron chi connectivity index (χ0n) is 14.8. The van der Waals surface area contributed by atoms with Crippen LogP contribution in [-0.2, 0) is 9.53 Å². The fourth-order valence-corrected chi connectivity index (χ4v) is 3.15. The van der Waals surface area contributed by atoms with E-state index in [-0.39, 0.29) is 30.1 Å². The predicted octanol–water partition coefficient (Wildman–Crippen LogP) is 2.16. The van der Waals surface area contributed by atoms with E-state index < -0.39 is 11.6 Å². The van der Waals surface area contributed by atoms with Crippen molar-refractivity contribution >= 4 is 12.0 Å². The maximum Gasteiger partial charge on any atom is 0.410 e. The molecule has 2 aliphatic carbocycles. The van der Waals surface area contributed by atoms with Crippen molar-refractivity contribution < 1.29 is 14.3 Å². The van der Waals surface area contributed by atoms with Crippen LogP contribution in [0.4, 0.5) is 4.79 Å². The van der Waals surface area contributed by atoms with Gasteiger partial charge < -0.3 is 20.7 Å². The van der Waals surface area contributed by atoms with Gasteiger partial charge in [0.15, 0.2) is 0 Å². The highest BCUT2D eigenvalue weighted by molar-refractivity contribution is 5.81. The molecule has 2 amide bonds. The van der Waals surface area contributed by atoms with Crippen molar-refractivity contribution in [2.75, 3.05) is 0 Å². The minimum atomic E-state index is -0.534. The largest absolute Gasteiger partial charge is 0.444 e. The van der Waals surface area contributed by atoms with Crippen LogP contribution in [0.15, 0.2) is 0 Å². The lowest BCUT2D eigenvalue weighted by Crippen LogP contribution is -2.58. The van der Waals surface area contributed by atoms with Gasteiger partial charge >= 0.3 is 6.09 Å². The van der Waals surface area contributed by atoms with E-state index in [1.165, 1.54) is 0 Å². The van der Waals surface area contributed by atoms with Gasteiger partial charge in [0.25, 0.3) is 0 Å². The van der Waals surface area contributed by atoms with Crippen LogP contribution in [0.25, 0.3) is 0 Å². The molecule has 2 saturated carbocycles. The van der Waals surface area contributed by atoms with Crippen LogP contribution >= 0.6 is 0 Å². The van der Waals surface area contributed by atoms with Gasteiger partial charge in [-0.2, -0.15) is 0 Å². The van der Waals surface area contributed by atoms with Gasteiger partial charge in [-0.3, -0.25) is 4.79 Å². The van der Waals surface area contributed by atoms with Crippen molar-refractivity contribution in [3.05, 3.63) is 0 Å². The molecule has 2 rings (SSSR count). The number of ether oxygens (including phenoxy) is 1. The van der Waals surface area contributed by atoms with Crippen LogP contribution in [0, 0.1) is 0 Å². The van der Waals surface area contributed by atoms with Crippen LogP contribution < -0.4 is 11.1 Å². The van der Waals surface area contributed by atoms with Crippen molar-refractivity contribution in [2.24, 2.45) is 5.73 Å². The SMILES string of the molecule is C[C@H](N)C(=O)N[C@H]1CCCC[C@H]1N(C(=O)OC(C)(C)C)C1CC1. The Kier molecular flexibility index (Phi) is 5.55. The summed E-state index contributed by atoms with van der Waals surface area (Å²) in [4.78, 5) is 26.5. The van der Waals surface area contributed by atoms with E-state index >= 15 is 0 Å². The average molecular weight is 325 g/mol. The molecule has 0 aromatic heterocycles. The Morgan fingerprint density at radius 3 is 2.30 bits per heavy atom. The molecule has 3 atom stereocenters. The molecule has 0 radical (unpaired) electrons. The molecule has 132 valence electrons. The number of nitrogens with two attached hydrogens (primary N) is 1. The van der Waals surface area contributed by atoms with Crippen molar-refractivity contribution in [1.29, 1.82) is 0 Å². The molecule has 6 nitrogen and oxygen atoms in total. The number of hydrogen-bond acceptors (Lipinski definition) is 4. The van der Waals surface area contributed by atoms with Crippen molar-refractivity contribution in [1.82, 2.24) is 10.2 Å².